The smallest absolute Gasteiger partial charge is 0.237 e. The van der Waals surface area contributed by atoms with Crippen LogP contribution in [0.15, 0.2) is 0 Å². The Labute approximate surface area is 99.0 Å². The first-order chi connectivity index (χ1) is 7.31. The summed E-state index contributed by atoms with van der Waals surface area (Å²) < 4.78 is 0. The average molecular weight is 230 g/mol. The summed E-state index contributed by atoms with van der Waals surface area (Å²) in [5.41, 5.74) is 4.76. The second-order valence-electron chi connectivity index (χ2n) is 4.80. The maximum absolute atomic E-state index is 11.3. The lowest BCUT2D eigenvalue weighted by Gasteiger charge is -2.28. The molecule has 0 aromatic carbocycles. The molecule has 5 nitrogen and oxygen atoms in total. The zero-order valence-corrected chi connectivity index (χ0v) is 11.2. The average Bonchev–Trinajstić information content (AvgIpc) is 2.22. The van der Waals surface area contributed by atoms with E-state index in [-0.39, 0.29) is 5.91 Å². The fourth-order valence-corrected chi connectivity index (χ4v) is 1.27. The molecule has 0 radical (unpaired) electrons. The third-order valence-corrected chi connectivity index (χ3v) is 3.02. The van der Waals surface area contributed by atoms with Gasteiger partial charge < -0.3 is 20.9 Å². The molecule has 3 N–H and O–H groups in total. The van der Waals surface area contributed by atoms with Gasteiger partial charge >= 0.3 is 0 Å². The van der Waals surface area contributed by atoms with Gasteiger partial charge in [0, 0.05) is 19.6 Å². The highest BCUT2D eigenvalue weighted by atomic mass is 16.1. The van der Waals surface area contributed by atoms with E-state index in [4.69, 9.17) is 5.73 Å². The van der Waals surface area contributed by atoms with Crippen LogP contribution < -0.4 is 11.1 Å². The molecule has 0 saturated heterocycles. The van der Waals surface area contributed by atoms with E-state index in [9.17, 15) is 4.79 Å². The summed E-state index contributed by atoms with van der Waals surface area (Å²) in [6.07, 6.45) is 0.725. The van der Waals surface area contributed by atoms with Gasteiger partial charge in [-0.3, -0.25) is 4.79 Å². The molecule has 0 heterocycles. The second kappa shape index (κ2) is 6.83. The van der Waals surface area contributed by atoms with Crippen LogP contribution in [0, 0.1) is 0 Å². The molecule has 0 saturated carbocycles. The molecular formula is C11H26N4O. The van der Waals surface area contributed by atoms with Gasteiger partial charge in [-0.1, -0.05) is 0 Å². The molecule has 0 spiro atoms. The van der Waals surface area contributed by atoms with Gasteiger partial charge in [0.2, 0.25) is 5.91 Å². The Bertz CT molecular complexity index is 220. The number of carbonyl (C=O) groups is 1. The SMILES string of the molecule is CNC(C)(CCN(C)CCN(C)C)C(N)=O. The van der Waals surface area contributed by atoms with Crippen molar-refractivity contribution in [1.29, 1.82) is 0 Å². The lowest BCUT2D eigenvalue weighted by molar-refractivity contribution is -0.124. The standard InChI is InChI=1S/C11H26N4O/c1-11(13-2,10(12)16)6-7-15(5)9-8-14(3)4/h13H,6-9H2,1-5H3,(H2,12,16). The number of nitrogens with one attached hydrogen (secondary N) is 1. The minimum absolute atomic E-state index is 0.295. The highest BCUT2D eigenvalue weighted by Gasteiger charge is 2.28. The third-order valence-electron chi connectivity index (χ3n) is 3.02. The number of primary amides is 1. The van der Waals surface area contributed by atoms with E-state index in [0.717, 1.165) is 26.1 Å². The maximum Gasteiger partial charge on any atom is 0.237 e. The van der Waals surface area contributed by atoms with Crippen molar-refractivity contribution in [1.82, 2.24) is 15.1 Å². The minimum atomic E-state index is -0.605. The zero-order chi connectivity index (χ0) is 12.8. The third kappa shape index (κ3) is 5.44. The van der Waals surface area contributed by atoms with Crippen LogP contribution in [-0.2, 0) is 4.79 Å². The molecule has 0 aliphatic rings. The molecule has 0 rings (SSSR count). The van der Waals surface area contributed by atoms with Crippen LogP contribution in [-0.4, -0.2) is 69.1 Å². The van der Waals surface area contributed by atoms with Gasteiger partial charge in [0.1, 0.15) is 0 Å². The molecule has 1 amide bonds. The lowest BCUT2D eigenvalue weighted by atomic mass is 9.97. The summed E-state index contributed by atoms with van der Waals surface area (Å²) in [5.74, 6) is -0.295. The van der Waals surface area contributed by atoms with Crippen molar-refractivity contribution in [2.75, 3.05) is 47.8 Å². The van der Waals surface area contributed by atoms with Crippen LogP contribution in [0.25, 0.3) is 0 Å². The van der Waals surface area contributed by atoms with E-state index in [1.165, 1.54) is 0 Å². The van der Waals surface area contributed by atoms with Crippen molar-refractivity contribution in [3.8, 4) is 0 Å². The maximum atomic E-state index is 11.3. The number of nitrogens with two attached hydrogens (primary N) is 1. The van der Waals surface area contributed by atoms with Crippen molar-refractivity contribution < 1.29 is 4.79 Å². The molecule has 16 heavy (non-hydrogen) atoms. The van der Waals surface area contributed by atoms with E-state index in [2.05, 4.69) is 36.3 Å². The Balaban J connectivity index is 3.98. The summed E-state index contributed by atoms with van der Waals surface area (Å²) in [4.78, 5) is 15.6. The van der Waals surface area contributed by atoms with Crippen LogP contribution in [0.2, 0.25) is 0 Å². The predicted molar refractivity (Wildman–Crippen MR) is 67.3 cm³/mol. The quantitative estimate of drug-likeness (QED) is 0.581. The Morgan fingerprint density at radius 3 is 2.19 bits per heavy atom. The molecule has 0 aliphatic heterocycles. The predicted octanol–water partition coefficient (Wildman–Crippen LogP) is -0.667. The zero-order valence-electron chi connectivity index (χ0n) is 11.2. The Morgan fingerprint density at radius 2 is 1.81 bits per heavy atom. The van der Waals surface area contributed by atoms with Gasteiger partial charge in [0.25, 0.3) is 0 Å². The summed E-state index contributed by atoms with van der Waals surface area (Å²) in [6, 6.07) is 0. The molecule has 1 unspecified atom stereocenters. The van der Waals surface area contributed by atoms with E-state index in [0.29, 0.717) is 0 Å². The van der Waals surface area contributed by atoms with Crippen LogP contribution in [0.4, 0.5) is 0 Å². The summed E-state index contributed by atoms with van der Waals surface area (Å²) in [5, 5.41) is 2.99. The van der Waals surface area contributed by atoms with E-state index < -0.39 is 5.54 Å². The normalized spacial score (nSPS) is 15.4. The molecule has 0 aromatic heterocycles. The lowest BCUT2D eigenvalue weighted by Crippen LogP contribution is -2.53. The number of nitrogens with zero attached hydrogens (tertiary/aromatic N) is 2. The van der Waals surface area contributed by atoms with Crippen LogP contribution in [0.5, 0.6) is 0 Å². The molecule has 0 fully saturated rings. The van der Waals surface area contributed by atoms with Crippen molar-refractivity contribution >= 4 is 5.91 Å². The monoisotopic (exact) mass is 230 g/mol. The fourth-order valence-electron chi connectivity index (χ4n) is 1.27. The highest BCUT2D eigenvalue weighted by molar-refractivity contribution is 5.84. The number of amides is 1. The first-order valence-electron chi connectivity index (χ1n) is 5.64. The minimum Gasteiger partial charge on any atom is -0.368 e. The number of hydrogen-bond donors (Lipinski definition) is 2. The number of rotatable bonds is 8. The Kier molecular flexibility index (Phi) is 6.55. The Morgan fingerprint density at radius 1 is 1.25 bits per heavy atom. The first-order valence-corrected chi connectivity index (χ1v) is 5.64. The molecular weight excluding hydrogens is 204 g/mol. The molecule has 1 atom stereocenters. The van der Waals surface area contributed by atoms with Crippen molar-refractivity contribution in [3.63, 3.8) is 0 Å². The largest absolute Gasteiger partial charge is 0.368 e. The van der Waals surface area contributed by atoms with E-state index >= 15 is 0 Å². The first kappa shape index (κ1) is 15.3. The van der Waals surface area contributed by atoms with Crippen molar-refractivity contribution in [3.05, 3.63) is 0 Å². The van der Waals surface area contributed by atoms with Crippen molar-refractivity contribution in [2.24, 2.45) is 5.73 Å². The molecule has 0 aromatic rings. The topological polar surface area (TPSA) is 61.6 Å². The van der Waals surface area contributed by atoms with Gasteiger partial charge in [-0.05, 0) is 41.5 Å². The van der Waals surface area contributed by atoms with Crippen molar-refractivity contribution in [2.45, 2.75) is 18.9 Å². The molecule has 96 valence electrons. The van der Waals surface area contributed by atoms with Gasteiger partial charge in [-0.15, -0.1) is 0 Å². The van der Waals surface area contributed by atoms with Gasteiger partial charge in [0.05, 0.1) is 5.54 Å². The number of hydrogen-bond acceptors (Lipinski definition) is 4. The van der Waals surface area contributed by atoms with Crippen LogP contribution >= 0.6 is 0 Å². The van der Waals surface area contributed by atoms with Crippen LogP contribution in [0.3, 0.4) is 0 Å². The van der Waals surface area contributed by atoms with Gasteiger partial charge in [0.15, 0.2) is 0 Å². The van der Waals surface area contributed by atoms with E-state index in [1.54, 1.807) is 7.05 Å². The molecule has 0 aliphatic carbocycles. The summed E-state index contributed by atoms with van der Waals surface area (Å²) in [7, 11) is 7.93. The summed E-state index contributed by atoms with van der Waals surface area (Å²) >= 11 is 0. The van der Waals surface area contributed by atoms with Crippen LogP contribution in [0.1, 0.15) is 13.3 Å². The second-order valence-corrected chi connectivity index (χ2v) is 4.80. The van der Waals surface area contributed by atoms with Gasteiger partial charge in [-0.2, -0.15) is 0 Å². The van der Waals surface area contributed by atoms with E-state index in [1.807, 2.05) is 6.92 Å². The molecule has 5 heteroatoms. The highest BCUT2D eigenvalue weighted by Crippen LogP contribution is 2.08. The fraction of sp³-hybridized carbons (Fsp3) is 0.909. The molecule has 0 bridgehead atoms. The Hall–Kier alpha value is -0.650. The number of carbonyl (C=O) groups excluding carboxylic acids is 1. The summed E-state index contributed by atoms with van der Waals surface area (Å²) in [6.45, 7) is 4.71. The van der Waals surface area contributed by atoms with Gasteiger partial charge in [-0.25, -0.2) is 0 Å². The number of likely N-dealkylation sites (N-methyl/N-ethyl adjacent to an activating group) is 3.